The van der Waals surface area contributed by atoms with Crippen molar-refractivity contribution in [2.45, 2.75) is 13.5 Å². The molecule has 0 saturated heterocycles. The first kappa shape index (κ1) is 17.6. The summed E-state index contributed by atoms with van der Waals surface area (Å²) in [7, 11) is 1.23. The number of nitrogens with zero attached hydrogens (tertiary/aromatic N) is 2. The highest BCUT2D eigenvalue weighted by Crippen LogP contribution is 2.30. The normalized spacial score (nSPS) is 10.5. The number of benzene rings is 1. The first-order chi connectivity index (χ1) is 12.5. The van der Waals surface area contributed by atoms with Crippen molar-refractivity contribution in [1.29, 1.82) is 0 Å². The topological polar surface area (TPSA) is 105 Å². The van der Waals surface area contributed by atoms with Gasteiger partial charge in [-0.25, -0.2) is 9.78 Å². The Kier molecular flexibility index (Phi) is 4.99. The Hall–Kier alpha value is -3.20. The van der Waals surface area contributed by atoms with E-state index in [-0.39, 0.29) is 23.6 Å². The van der Waals surface area contributed by atoms with Gasteiger partial charge in [-0.1, -0.05) is 0 Å². The van der Waals surface area contributed by atoms with Crippen LogP contribution in [0.15, 0.2) is 40.1 Å². The number of carbonyl (C=O) groups is 1. The molecule has 3 aromatic rings. The van der Waals surface area contributed by atoms with Crippen molar-refractivity contribution in [1.82, 2.24) is 4.98 Å². The van der Waals surface area contributed by atoms with Crippen LogP contribution in [-0.2, 0) is 11.3 Å². The molecule has 0 bridgehead atoms. The zero-order chi connectivity index (χ0) is 18.7. The maximum atomic E-state index is 11.6. The van der Waals surface area contributed by atoms with Gasteiger partial charge in [-0.2, -0.15) is 0 Å². The van der Waals surface area contributed by atoms with Crippen LogP contribution in [0.25, 0.3) is 10.8 Å². The van der Waals surface area contributed by atoms with Crippen LogP contribution < -0.4 is 4.74 Å². The number of nitro groups is 1. The van der Waals surface area contributed by atoms with Crippen LogP contribution in [0.4, 0.5) is 5.69 Å². The summed E-state index contributed by atoms with van der Waals surface area (Å²) in [6.45, 7) is 1.86. The molecule has 0 aliphatic carbocycles. The highest BCUT2D eigenvalue weighted by molar-refractivity contribution is 7.13. The van der Waals surface area contributed by atoms with Crippen LogP contribution in [0.3, 0.4) is 0 Å². The number of ether oxygens (including phenoxy) is 2. The van der Waals surface area contributed by atoms with E-state index in [1.807, 2.05) is 19.1 Å². The van der Waals surface area contributed by atoms with Gasteiger partial charge in [0.1, 0.15) is 12.4 Å². The lowest BCUT2D eigenvalue weighted by Crippen LogP contribution is -2.04. The molecule has 1 aromatic carbocycles. The summed E-state index contributed by atoms with van der Waals surface area (Å²) >= 11 is 1.38. The molecule has 26 heavy (non-hydrogen) atoms. The van der Waals surface area contributed by atoms with Crippen molar-refractivity contribution in [2.24, 2.45) is 0 Å². The van der Waals surface area contributed by atoms with Gasteiger partial charge in [0.15, 0.2) is 16.5 Å². The number of aromatic nitrogens is 1. The Morgan fingerprint density at radius 1 is 1.35 bits per heavy atom. The first-order valence-electron chi connectivity index (χ1n) is 7.48. The highest BCUT2D eigenvalue weighted by atomic mass is 32.1. The number of nitro benzene ring substituents is 1. The van der Waals surface area contributed by atoms with E-state index in [2.05, 4.69) is 9.72 Å². The van der Waals surface area contributed by atoms with Crippen molar-refractivity contribution < 1.29 is 23.6 Å². The van der Waals surface area contributed by atoms with E-state index in [1.165, 1.54) is 36.6 Å². The van der Waals surface area contributed by atoms with Crippen LogP contribution in [0, 0.1) is 17.0 Å². The van der Waals surface area contributed by atoms with E-state index < -0.39 is 10.9 Å². The second kappa shape index (κ2) is 7.36. The van der Waals surface area contributed by atoms with Crippen LogP contribution in [-0.4, -0.2) is 23.0 Å². The maximum absolute atomic E-state index is 11.6. The van der Waals surface area contributed by atoms with E-state index in [0.29, 0.717) is 16.5 Å². The summed E-state index contributed by atoms with van der Waals surface area (Å²) in [5.41, 5.74) is 0.518. The Morgan fingerprint density at radius 3 is 2.81 bits per heavy atom. The van der Waals surface area contributed by atoms with E-state index >= 15 is 0 Å². The number of methoxy groups -OCH3 is 1. The molecule has 134 valence electrons. The minimum Gasteiger partial charge on any atom is -0.480 e. The molecule has 0 unspecified atom stereocenters. The molecule has 2 aromatic heterocycles. The van der Waals surface area contributed by atoms with Crippen molar-refractivity contribution in [2.75, 3.05) is 7.11 Å². The highest BCUT2D eigenvalue weighted by Gasteiger charge is 2.19. The van der Waals surface area contributed by atoms with E-state index in [0.717, 1.165) is 5.76 Å². The number of furan rings is 1. The van der Waals surface area contributed by atoms with Crippen molar-refractivity contribution in [3.05, 3.63) is 62.8 Å². The second-order valence-electron chi connectivity index (χ2n) is 5.27. The fourth-order valence-electron chi connectivity index (χ4n) is 2.21. The van der Waals surface area contributed by atoms with Gasteiger partial charge in [0.2, 0.25) is 0 Å². The third-order valence-electron chi connectivity index (χ3n) is 3.46. The molecule has 0 radical (unpaired) electrons. The molecular formula is C17H14N2O6S. The Morgan fingerprint density at radius 2 is 2.15 bits per heavy atom. The molecular weight excluding hydrogens is 360 g/mol. The number of esters is 1. The SMILES string of the molecule is COC(=O)c1ccc([N+](=O)[O-])c(OCc2csc(-c3ccc(C)o3)n2)c1. The largest absolute Gasteiger partial charge is 0.480 e. The first-order valence-corrected chi connectivity index (χ1v) is 8.36. The summed E-state index contributed by atoms with van der Waals surface area (Å²) in [6, 6.07) is 7.47. The molecule has 2 heterocycles. The van der Waals surface area contributed by atoms with Gasteiger partial charge >= 0.3 is 11.7 Å². The van der Waals surface area contributed by atoms with Crippen molar-refractivity contribution >= 4 is 23.0 Å². The second-order valence-corrected chi connectivity index (χ2v) is 6.13. The molecule has 0 fully saturated rings. The van der Waals surface area contributed by atoms with Gasteiger partial charge in [0.25, 0.3) is 0 Å². The fraction of sp³-hybridized carbons (Fsp3) is 0.176. The monoisotopic (exact) mass is 374 g/mol. The fourth-order valence-corrected chi connectivity index (χ4v) is 2.98. The lowest BCUT2D eigenvalue weighted by atomic mass is 10.2. The predicted molar refractivity (Wildman–Crippen MR) is 93.3 cm³/mol. The molecule has 0 amide bonds. The average molecular weight is 374 g/mol. The van der Waals surface area contributed by atoms with E-state index in [9.17, 15) is 14.9 Å². The maximum Gasteiger partial charge on any atom is 0.337 e. The van der Waals surface area contributed by atoms with E-state index in [4.69, 9.17) is 9.15 Å². The zero-order valence-electron chi connectivity index (χ0n) is 13.9. The minimum atomic E-state index is -0.603. The molecule has 0 spiro atoms. The van der Waals surface area contributed by atoms with Gasteiger partial charge in [0.05, 0.1) is 23.3 Å². The van der Waals surface area contributed by atoms with Gasteiger partial charge < -0.3 is 13.9 Å². The number of hydrogen-bond acceptors (Lipinski definition) is 8. The Balaban J connectivity index is 1.79. The summed E-state index contributed by atoms with van der Waals surface area (Å²) in [5, 5.41) is 13.6. The summed E-state index contributed by atoms with van der Waals surface area (Å²) in [5.74, 6) is 0.802. The lowest BCUT2D eigenvalue weighted by Gasteiger charge is -2.07. The molecule has 0 atom stereocenters. The number of rotatable bonds is 6. The number of hydrogen-bond donors (Lipinski definition) is 0. The van der Waals surface area contributed by atoms with Crippen molar-refractivity contribution in [3.63, 3.8) is 0 Å². The standard InChI is InChI=1S/C17H14N2O6S/c1-10-3-6-14(25-10)16-18-12(9-26-16)8-24-15-7-11(17(20)23-2)4-5-13(15)19(21)22/h3-7,9H,8H2,1-2H3. The summed E-state index contributed by atoms with van der Waals surface area (Å²) < 4.78 is 15.7. The minimum absolute atomic E-state index is 0.0155. The van der Waals surface area contributed by atoms with Crippen LogP contribution in [0.1, 0.15) is 21.8 Å². The third kappa shape index (κ3) is 3.72. The summed E-state index contributed by atoms with van der Waals surface area (Å²) in [6.07, 6.45) is 0. The molecule has 3 rings (SSSR count). The quantitative estimate of drug-likeness (QED) is 0.365. The third-order valence-corrected chi connectivity index (χ3v) is 4.36. The Labute approximate surface area is 152 Å². The van der Waals surface area contributed by atoms with Crippen LogP contribution >= 0.6 is 11.3 Å². The number of aryl methyl sites for hydroxylation is 1. The Bertz CT molecular complexity index is 962. The summed E-state index contributed by atoms with van der Waals surface area (Å²) in [4.78, 5) is 26.6. The smallest absolute Gasteiger partial charge is 0.337 e. The number of carbonyl (C=O) groups excluding carboxylic acids is 1. The van der Waals surface area contributed by atoms with Crippen LogP contribution in [0.5, 0.6) is 5.75 Å². The molecule has 8 nitrogen and oxygen atoms in total. The van der Waals surface area contributed by atoms with Gasteiger partial charge in [-0.15, -0.1) is 11.3 Å². The molecule has 0 N–H and O–H groups in total. The van der Waals surface area contributed by atoms with Gasteiger partial charge in [-0.3, -0.25) is 10.1 Å². The zero-order valence-corrected chi connectivity index (χ0v) is 14.7. The average Bonchev–Trinajstić information content (AvgIpc) is 3.27. The van der Waals surface area contributed by atoms with Gasteiger partial charge in [-0.05, 0) is 25.1 Å². The predicted octanol–water partition coefficient (Wildman–Crippen LogP) is 3.99. The molecule has 0 aliphatic rings. The van der Waals surface area contributed by atoms with Crippen LogP contribution in [0.2, 0.25) is 0 Å². The van der Waals surface area contributed by atoms with E-state index in [1.54, 1.807) is 5.38 Å². The molecule has 0 saturated carbocycles. The molecule has 0 aliphatic heterocycles. The number of thiazole rings is 1. The lowest BCUT2D eigenvalue weighted by molar-refractivity contribution is -0.385. The van der Waals surface area contributed by atoms with Gasteiger partial charge in [0, 0.05) is 17.5 Å². The van der Waals surface area contributed by atoms with Crippen molar-refractivity contribution in [3.8, 4) is 16.5 Å². The molecule has 9 heteroatoms.